The lowest BCUT2D eigenvalue weighted by atomic mass is 9.82. The van der Waals surface area contributed by atoms with Gasteiger partial charge in [-0.3, -0.25) is 9.79 Å². The number of esters is 1. The van der Waals surface area contributed by atoms with Crippen molar-refractivity contribution in [1.29, 1.82) is 0 Å². The Hall–Kier alpha value is -3.53. The summed E-state index contributed by atoms with van der Waals surface area (Å²) in [4.78, 5) is 30.1. The molecule has 0 aromatic heterocycles. The smallest absolute Gasteiger partial charge is 0.338 e. The van der Waals surface area contributed by atoms with E-state index in [1.165, 1.54) is 68.9 Å². The Labute approximate surface area is 265 Å². The second kappa shape index (κ2) is 17.7. The van der Waals surface area contributed by atoms with Crippen molar-refractivity contribution >= 4 is 29.2 Å². The predicted octanol–water partition coefficient (Wildman–Crippen LogP) is 10.8. The van der Waals surface area contributed by atoms with Crippen LogP contribution in [0.15, 0.2) is 82.9 Å². The van der Waals surface area contributed by atoms with Crippen molar-refractivity contribution in [2.45, 2.75) is 104 Å². The van der Waals surface area contributed by atoms with Crippen LogP contribution in [0.5, 0.6) is 0 Å². The minimum absolute atomic E-state index is 0.206. The maximum atomic E-state index is 12.9. The molecule has 2 aliphatic rings. The Balaban J connectivity index is 1.21. The van der Waals surface area contributed by atoms with Gasteiger partial charge in [0.15, 0.2) is 5.78 Å². The van der Waals surface area contributed by atoms with E-state index < -0.39 is 0 Å². The molecule has 4 heteroatoms. The van der Waals surface area contributed by atoms with Crippen LogP contribution in [-0.2, 0) is 9.53 Å². The quantitative estimate of drug-likeness (QED) is 0.0842. The molecule has 4 nitrogen and oxygen atoms in total. The number of nitrogens with zero attached hydrogens (tertiary/aromatic N) is 1. The van der Waals surface area contributed by atoms with Crippen LogP contribution in [0.2, 0.25) is 0 Å². The third kappa shape index (κ3) is 10.6. The number of unbranched alkanes of at least 4 members (excludes halogenated alkanes) is 7. The van der Waals surface area contributed by atoms with Crippen molar-refractivity contribution < 1.29 is 14.3 Å². The van der Waals surface area contributed by atoms with Crippen molar-refractivity contribution in [2.75, 3.05) is 6.61 Å². The number of carbonyl (C=O) groups excluding carboxylic acids is 2. The van der Waals surface area contributed by atoms with E-state index in [4.69, 9.17) is 4.74 Å². The number of benzene rings is 2. The highest BCUT2D eigenvalue weighted by Crippen LogP contribution is 2.30. The van der Waals surface area contributed by atoms with Gasteiger partial charge in [-0.15, -0.1) is 0 Å². The molecule has 0 fully saturated rings. The van der Waals surface area contributed by atoms with Crippen molar-refractivity contribution in [3.8, 4) is 0 Å². The Bertz CT molecular complexity index is 1340. The second-order valence-corrected chi connectivity index (χ2v) is 12.8. The molecule has 0 radical (unpaired) electrons. The third-order valence-electron chi connectivity index (χ3n) is 9.17. The van der Waals surface area contributed by atoms with Crippen LogP contribution in [0.25, 0.3) is 5.57 Å². The van der Waals surface area contributed by atoms with Crippen LogP contribution in [-0.4, -0.2) is 24.6 Å². The molecule has 0 aliphatic heterocycles. The minimum Gasteiger partial charge on any atom is -0.462 e. The molecule has 2 aromatic rings. The van der Waals surface area contributed by atoms with E-state index in [9.17, 15) is 9.59 Å². The van der Waals surface area contributed by atoms with E-state index >= 15 is 0 Å². The summed E-state index contributed by atoms with van der Waals surface area (Å²) in [6.07, 6.45) is 23.7. The largest absolute Gasteiger partial charge is 0.462 e. The minimum atomic E-state index is -0.285. The van der Waals surface area contributed by atoms with Crippen molar-refractivity contribution in [2.24, 2.45) is 16.8 Å². The lowest BCUT2D eigenvalue weighted by Crippen LogP contribution is -2.21. The standard InChI is InChI=1S/C40H51NO3/c1-4-5-6-7-8-9-10-11-12-32-17-26-38(39(42)27-32)35-20-15-33(16-21-35)28-41-37-24-22-36(23-25-37)40(43)44-29-31(3)34-18-13-30(2)14-19-34/h13,15-17,20-26,28,31,34H,4-12,14,18-19,27,29H2,1-3H3. The number of hydrogen-bond donors (Lipinski definition) is 0. The van der Waals surface area contributed by atoms with Gasteiger partial charge in [-0.25, -0.2) is 4.79 Å². The summed E-state index contributed by atoms with van der Waals surface area (Å²) in [5.41, 5.74) is 6.72. The van der Waals surface area contributed by atoms with Crippen molar-refractivity contribution in [1.82, 2.24) is 0 Å². The van der Waals surface area contributed by atoms with Gasteiger partial charge in [0.25, 0.3) is 0 Å². The summed E-state index contributed by atoms with van der Waals surface area (Å²) >= 11 is 0. The van der Waals surface area contributed by atoms with Crippen molar-refractivity contribution in [3.63, 3.8) is 0 Å². The fraction of sp³-hybridized carbons (Fsp3) is 0.475. The topological polar surface area (TPSA) is 55.7 Å². The zero-order valence-corrected chi connectivity index (χ0v) is 27.2. The zero-order valence-electron chi connectivity index (χ0n) is 27.2. The molecule has 0 spiro atoms. The molecule has 234 valence electrons. The fourth-order valence-corrected chi connectivity index (χ4v) is 6.08. The lowest BCUT2D eigenvalue weighted by molar-refractivity contribution is -0.113. The SMILES string of the molecule is CCCCCCCCCCC1=CC=C(c2ccc(C=Nc3ccc(C(=O)OCC(C)C4CC=C(C)CC4)cc3)cc2)C(=O)C1. The molecule has 0 saturated heterocycles. The maximum absolute atomic E-state index is 12.9. The number of aliphatic imine (C=N–C) groups is 1. The molecule has 4 rings (SSSR count). The summed E-state index contributed by atoms with van der Waals surface area (Å²) in [6.45, 7) is 7.07. The molecular formula is C40H51NO3. The Morgan fingerprint density at radius 1 is 0.955 bits per heavy atom. The van der Waals surface area contributed by atoms with Crippen LogP contribution in [0.4, 0.5) is 5.69 Å². The Kier molecular flexibility index (Phi) is 13.4. The molecule has 0 saturated carbocycles. The molecule has 0 amide bonds. The third-order valence-corrected chi connectivity index (χ3v) is 9.17. The molecule has 44 heavy (non-hydrogen) atoms. The highest BCUT2D eigenvalue weighted by molar-refractivity contribution is 6.22. The monoisotopic (exact) mass is 593 g/mol. The Morgan fingerprint density at radius 3 is 2.32 bits per heavy atom. The first-order valence-corrected chi connectivity index (χ1v) is 16.9. The van der Waals surface area contributed by atoms with Gasteiger partial charge in [0, 0.05) is 18.2 Å². The van der Waals surface area contributed by atoms with Gasteiger partial charge in [0.05, 0.1) is 17.9 Å². The first kappa shape index (κ1) is 33.4. The van der Waals surface area contributed by atoms with Gasteiger partial charge < -0.3 is 4.74 Å². The van der Waals surface area contributed by atoms with Gasteiger partial charge in [-0.05, 0) is 86.3 Å². The number of allylic oxidation sites excluding steroid dienone is 6. The van der Waals surface area contributed by atoms with E-state index in [1.54, 1.807) is 18.3 Å². The number of carbonyl (C=O) groups is 2. The summed E-state index contributed by atoms with van der Waals surface area (Å²) in [7, 11) is 0. The van der Waals surface area contributed by atoms with Crippen molar-refractivity contribution in [3.05, 3.63) is 94.6 Å². The second-order valence-electron chi connectivity index (χ2n) is 12.8. The number of hydrogen-bond acceptors (Lipinski definition) is 4. The number of Topliss-reactive ketones (excluding diaryl/α,β-unsaturated/α-hetero) is 1. The van der Waals surface area contributed by atoms with Crippen LogP contribution < -0.4 is 0 Å². The summed E-state index contributed by atoms with van der Waals surface area (Å²) in [5, 5.41) is 0. The average Bonchev–Trinajstić information content (AvgIpc) is 3.04. The first-order chi connectivity index (χ1) is 21.4. The zero-order chi connectivity index (χ0) is 31.1. The molecule has 2 atom stereocenters. The molecule has 2 aromatic carbocycles. The van der Waals surface area contributed by atoms with Gasteiger partial charge in [0.1, 0.15) is 0 Å². The average molecular weight is 594 g/mol. The van der Waals surface area contributed by atoms with E-state index in [0.29, 0.717) is 30.4 Å². The van der Waals surface area contributed by atoms with E-state index in [2.05, 4.69) is 37.9 Å². The fourth-order valence-electron chi connectivity index (χ4n) is 6.08. The maximum Gasteiger partial charge on any atom is 0.338 e. The van der Waals surface area contributed by atoms with Gasteiger partial charge >= 0.3 is 5.97 Å². The van der Waals surface area contributed by atoms with Gasteiger partial charge in [-0.2, -0.15) is 0 Å². The molecule has 2 unspecified atom stereocenters. The summed E-state index contributed by atoms with van der Waals surface area (Å²) in [5.74, 6) is 0.853. The Morgan fingerprint density at radius 2 is 1.66 bits per heavy atom. The summed E-state index contributed by atoms with van der Waals surface area (Å²) < 4.78 is 5.62. The summed E-state index contributed by atoms with van der Waals surface area (Å²) in [6, 6.07) is 15.2. The molecular weight excluding hydrogens is 542 g/mol. The van der Waals surface area contributed by atoms with Gasteiger partial charge in [0.2, 0.25) is 0 Å². The van der Waals surface area contributed by atoms with E-state index in [0.717, 1.165) is 41.6 Å². The molecule has 0 bridgehead atoms. The molecule has 2 aliphatic carbocycles. The van der Waals surface area contributed by atoms with Gasteiger partial charge in [-0.1, -0.05) is 112 Å². The van der Waals surface area contributed by atoms with Crippen LogP contribution in [0.3, 0.4) is 0 Å². The highest BCUT2D eigenvalue weighted by Gasteiger charge is 2.21. The number of ketones is 1. The normalized spacial score (nSPS) is 17.7. The predicted molar refractivity (Wildman–Crippen MR) is 184 cm³/mol. The number of rotatable bonds is 16. The van der Waals surface area contributed by atoms with E-state index in [1.807, 2.05) is 42.5 Å². The molecule has 0 heterocycles. The lowest BCUT2D eigenvalue weighted by Gasteiger charge is -2.26. The molecule has 0 N–H and O–H groups in total. The first-order valence-electron chi connectivity index (χ1n) is 16.9. The van der Waals surface area contributed by atoms with E-state index in [-0.39, 0.29) is 11.8 Å². The van der Waals surface area contributed by atoms with Crippen LogP contribution >= 0.6 is 0 Å². The number of ether oxygens (including phenoxy) is 1. The van der Waals surface area contributed by atoms with Crippen LogP contribution in [0.1, 0.15) is 126 Å². The van der Waals surface area contributed by atoms with Crippen LogP contribution in [0, 0.1) is 11.8 Å². The highest BCUT2D eigenvalue weighted by atomic mass is 16.5.